The Balaban J connectivity index is 1.53. The molecule has 0 aliphatic heterocycles. The summed E-state index contributed by atoms with van der Waals surface area (Å²) in [5.41, 5.74) is 3.09. The first-order valence-corrected chi connectivity index (χ1v) is 11.5. The van der Waals surface area contributed by atoms with E-state index in [2.05, 4.69) is 17.8 Å². The number of hydrogen-bond donors (Lipinski definition) is 2. The summed E-state index contributed by atoms with van der Waals surface area (Å²) in [5.74, 6) is -1.08. The summed E-state index contributed by atoms with van der Waals surface area (Å²) in [6, 6.07) is 13.1. The van der Waals surface area contributed by atoms with Gasteiger partial charge in [0.1, 0.15) is 5.82 Å². The van der Waals surface area contributed by atoms with Crippen molar-refractivity contribution in [2.75, 3.05) is 7.11 Å². The number of carbonyl (C=O) groups is 1. The molecular formula is C28H27FN2O4. The smallest absolute Gasteiger partial charge is 0.339 e. The Hall–Kier alpha value is -3.55. The zero-order chi connectivity index (χ0) is 25.0. The van der Waals surface area contributed by atoms with Crippen molar-refractivity contribution in [2.45, 2.75) is 37.9 Å². The second-order valence-corrected chi connectivity index (χ2v) is 9.47. The predicted octanol–water partition coefficient (Wildman–Crippen LogP) is 4.40. The quantitative estimate of drug-likeness (QED) is 0.536. The highest BCUT2D eigenvalue weighted by Crippen LogP contribution is 2.59. The fraction of sp³-hybridized carbons (Fsp3) is 0.286. The van der Waals surface area contributed by atoms with E-state index in [4.69, 9.17) is 4.74 Å². The van der Waals surface area contributed by atoms with Gasteiger partial charge in [-0.05, 0) is 71.9 Å². The maximum absolute atomic E-state index is 13.4. The zero-order valence-corrected chi connectivity index (χ0v) is 19.7. The second-order valence-electron chi connectivity index (χ2n) is 9.47. The molecule has 3 aromatic rings. The molecule has 1 aromatic heterocycles. The lowest BCUT2D eigenvalue weighted by Gasteiger charge is -2.44. The maximum Gasteiger partial charge on any atom is 0.339 e. The van der Waals surface area contributed by atoms with Crippen LogP contribution in [-0.2, 0) is 16.0 Å². The highest BCUT2D eigenvalue weighted by molar-refractivity contribution is 5.82. The average Bonchev–Trinajstić information content (AvgIpc) is 3.39. The number of hydrogen-bond acceptors (Lipinski definition) is 5. The number of carbonyl (C=O) groups excluding carboxylic acids is 1. The van der Waals surface area contributed by atoms with Crippen molar-refractivity contribution in [1.29, 1.82) is 0 Å². The Labute approximate surface area is 203 Å². The van der Waals surface area contributed by atoms with Crippen molar-refractivity contribution < 1.29 is 24.1 Å². The molecule has 5 rings (SSSR count). The molecule has 1 saturated carbocycles. The van der Waals surface area contributed by atoms with E-state index in [1.165, 1.54) is 19.2 Å². The van der Waals surface area contributed by atoms with Crippen LogP contribution >= 0.6 is 0 Å². The lowest BCUT2D eigenvalue weighted by Crippen LogP contribution is -2.46. The molecule has 3 atom stereocenters. The summed E-state index contributed by atoms with van der Waals surface area (Å²) in [7, 11) is 1.22. The molecule has 0 radical (unpaired) electrons. The normalized spacial score (nSPS) is 23.7. The Bertz CT molecular complexity index is 1360. The van der Waals surface area contributed by atoms with Gasteiger partial charge >= 0.3 is 5.97 Å². The number of aliphatic hydroxyl groups excluding tert-OH is 1. The van der Waals surface area contributed by atoms with Gasteiger partial charge in [-0.2, -0.15) is 5.10 Å². The van der Waals surface area contributed by atoms with E-state index in [0.29, 0.717) is 36.0 Å². The molecule has 0 saturated heterocycles. The molecule has 180 valence electrons. The van der Waals surface area contributed by atoms with Gasteiger partial charge in [-0.1, -0.05) is 43.3 Å². The highest BCUT2D eigenvalue weighted by Gasteiger charge is 2.57. The maximum atomic E-state index is 13.4. The molecule has 2 aromatic carbocycles. The van der Waals surface area contributed by atoms with Crippen LogP contribution in [0.5, 0.6) is 0 Å². The molecule has 2 aliphatic rings. The third kappa shape index (κ3) is 3.46. The van der Waals surface area contributed by atoms with Gasteiger partial charge in [0.15, 0.2) is 6.10 Å². The van der Waals surface area contributed by atoms with Crippen molar-refractivity contribution in [3.05, 3.63) is 95.1 Å². The average molecular weight is 475 g/mol. The Morgan fingerprint density at radius 2 is 1.94 bits per heavy atom. The number of halogens is 1. The number of ether oxygens (including phenoxy) is 1. The number of aromatic nitrogens is 2. The van der Waals surface area contributed by atoms with Gasteiger partial charge in [-0.25, -0.2) is 13.9 Å². The summed E-state index contributed by atoms with van der Waals surface area (Å²) in [4.78, 5) is 12.1. The number of esters is 1. The third-order valence-electron chi connectivity index (χ3n) is 7.69. The van der Waals surface area contributed by atoms with Crippen molar-refractivity contribution in [2.24, 2.45) is 5.41 Å². The lowest BCUT2D eigenvalue weighted by molar-refractivity contribution is -0.150. The molecule has 1 fully saturated rings. The van der Waals surface area contributed by atoms with E-state index in [-0.39, 0.29) is 5.82 Å². The van der Waals surface area contributed by atoms with E-state index in [0.717, 1.165) is 22.5 Å². The summed E-state index contributed by atoms with van der Waals surface area (Å²) in [5, 5.41) is 27.2. The first-order valence-electron chi connectivity index (χ1n) is 11.5. The molecule has 0 bridgehead atoms. The first-order chi connectivity index (χ1) is 16.7. The molecule has 7 heteroatoms. The Kier molecular flexibility index (Phi) is 5.49. The van der Waals surface area contributed by atoms with Gasteiger partial charge < -0.3 is 14.9 Å². The van der Waals surface area contributed by atoms with Crippen LogP contribution in [0.25, 0.3) is 17.3 Å². The van der Waals surface area contributed by atoms with E-state index in [9.17, 15) is 19.4 Å². The standard InChI is InChI=1S/C28H27FN2O4/c1-17(22-6-4-5-7-23(22)25(32)26(33)35-3)28(34)13-12-19-14-24-18(15-27(19,28)2)16-30-31(24)21-10-8-20(29)9-11-21/h4-11,14,16,25,32,34H,1,12-13,15H2,2-3H3/t25?,27?,28-/m1/s1. The van der Waals surface area contributed by atoms with Crippen molar-refractivity contribution in [3.8, 4) is 5.69 Å². The Morgan fingerprint density at radius 1 is 1.23 bits per heavy atom. The van der Waals surface area contributed by atoms with Crippen molar-refractivity contribution in [1.82, 2.24) is 9.78 Å². The largest absolute Gasteiger partial charge is 0.467 e. The van der Waals surface area contributed by atoms with Gasteiger partial charge in [0.05, 0.1) is 30.3 Å². The molecule has 0 spiro atoms. The summed E-state index contributed by atoms with van der Waals surface area (Å²) >= 11 is 0. The molecule has 1 heterocycles. The van der Waals surface area contributed by atoms with Gasteiger partial charge in [0.2, 0.25) is 0 Å². The summed E-state index contributed by atoms with van der Waals surface area (Å²) in [6.07, 6.45) is 4.01. The number of rotatable bonds is 5. The number of fused-ring (bicyclic) bond motifs is 2. The summed E-state index contributed by atoms with van der Waals surface area (Å²) in [6.45, 7) is 6.29. The zero-order valence-electron chi connectivity index (χ0n) is 19.7. The minimum absolute atomic E-state index is 0.308. The number of nitrogens with zero attached hydrogens (tertiary/aromatic N) is 2. The number of methoxy groups -OCH3 is 1. The van der Waals surface area contributed by atoms with E-state index >= 15 is 0 Å². The van der Waals surface area contributed by atoms with Crippen molar-refractivity contribution >= 4 is 17.6 Å². The van der Waals surface area contributed by atoms with Crippen LogP contribution in [0.4, 0.5) is 4.39 Å². The number of aliphatic hydroxyl groups is 2. The molecule has 2 unspecified atom stereocenters. The number of benzene rings is 2. The van der Waals surface area contributed by atoms with Gasteiger partial charge in [0.25, 0.3) is 0 Å². The summed E-state index contributed by atoms with van der Waals surface area (Å²) < 4.78 is 19.9. The highest BCUT2D eigenvalue weighted by atomic mass is 19.1. The van der Waals surface area contributed by atoms with Crippen LogP contribution in [0.15, 0.2) is 66.9 Å². The molecule has 2 aliphatic carbocycles. The molecule has 35 heavy (non-hydrogen) atoms. The molecular weight excluding hydrogens is 447 g/mol. The fourth-order valence-electron chi connectivity index (χ4n) is 5.60. The molecule has 0 amide bonds. The minimum Gasteiger partial charge on any atom is -0.467 e. The fourth-order valence-corrected chi connectivity index (χ4v) is 5.60. The first kappa shape index (κ1) is 23.2. The topological polar surface area (TPSA) is 84.6 Å². The van der Waals surface area contributed by atoms with E-state index in [1.54, 1.807) is 47.3 Å². The predicted molar refractivity (Wildman–Crippen MR) is 130 cm³/mol. The molecule has 6 nitrogen and oxygen atoms in total. The van der Waals surface area contributed by atoms with Crippen LogP contribution in [0.2, 0.25) is 0 Å². The van der Waals surface area contributed by atoms with Gasteiger partial charge in [-0.15, -0.1) is 0 Å². The lowest BCUT2D eigenvalue weighted by atomic mass is 9.63. The molecule has 2 N–H and O–H groups in total. The third-order valence-corrected chi connectivity index (χ3v) is 7.69. The monoisotopic (exact) mass is 474 g/mol. The van der Waals surface area contributed by atoms with Crippen LogP contribution in [0.1, 0.15) is 48.3 Å². The van der Waals surface area contributed by atoms with Gasteiger partial charge in [0, 0.05) is 5.41 Å². The Morgan fingerprint density at radius 3 is 2.66 bits per heavy atom. The second kappa shape index (κ2) is 8.29. The van der Waals surface area contributed by atoms with Crippen LogP contribution < -0.4 is 0 Å². The van der Waals surface area contributed by atoms with Crippen molar-refractivity contribution in [3.63, 3.8) is 0 Å². The van der Waals surface area contributed by atoms with E-state index in [1.807, 2.05) is 6.92 Å². The van der Waals surface area contributed by atoms with E-state index < -0.39 is 23.1 Å². The minimum atomic E-state index is -1.48. The van der Waals surface area contributed by atoms with Crippen LogP contribution in [-0.4, -0.2) is 38.7 Å². The van der Waals surface area contributed by atoms with Crippen LogP contribution in [0, 0.1) is 11.2 Å². The van der Waals surface area contributed by atoms with Crippen LogP contribution in [0.3, 0.4) is 0 Å². The van der Waals surface area contributed by atoms with Gasteiger partial charge in [-0.3, -0.25) is 0 Å². The SMILES string of the molecule is C=C(c1ccccc1C(O)C(=O)OC)[C@]1(O)CCC2=Cc3c(cnn3-c3ccc(F)cc3)CC21C.